The average Bonchev–Trinajstić information content (AvgIpc) is 3.10. The molecule has 0 amide bonds. The highest BCUT2D eigenvalue weighted by molar-refractivity contribution is 7.89. The van der Waals surface area contributed by atoms with Crippen LogP contribution in [0.3, 0.4) is 0 Å². The van der Waals surface area contributed by atoms with Crippen molar-refractivity contribution in [3.63, 3.8) is 0 Å². The molecule has 3 rings (SSSR count). The first-order valence-electron chi connectivity index (χ1n) is 8.24. The largest absolute Gasteiger partial charge is 0.452 e. The van der Waals surface area contributed by atoms with E-state index in [1.165, 1.54) is 18.2 Å². The van der Waals surface area contributed by atoms with Crippen LogP contribution in [-0.2, 0) is 26.9 Å². The molecule has 0 atom stereocenters. The highest BCUT2D eigenvalue weighted by atomic mass is 32.2. The maximum atomic E-state index is 13.7. The van der Waals surface area contributed by atoms with Crippen LogP contribution in [0.4, 0.5) is 4.39 Å². The summed E-state index contributed by atoms with van der Waals surface area (Å²) in [5.41, 5.74) is 1.64. The molecular weight excluding hydrogens is 387 g/mol. The van der Waals surface area contributed by atoms with E-state index in [2.05, 4.69) is 10.1 Å². The second-order valence-corrected chi connectivity index (χ2v) is 8.46. The van der Waals surface area contributed by atoms with Crippen LogP contribution in [0.5, 0.6) is 0 Å². The van der Waals surface area contributed by atoms with Gasteiger partial charge in [-0.05, 0) is 36.2 Å². The van der Waals surface area contributed by atoms with Crippen molar-refractivity contribution in [2.24, 2.45) is 0 Å². The lowest BCUT2D eigenvalue weighted by molar-refractivity contribution is 0.0429. The van der Waals surface area contributed by atoms with Gasteiger partial charge in [-0.15, -0.1) is 0 Å². The first kappa shape index (κ1) is 19.7. The van der Waals surface area contributed by atoms with Gasteiger partial charge in [0.05, 0.1) is 11.3 Å². The molecule has 2 aromatic carbocycles. The van der Waals surface area contributed by atoms with Crippen molar-refractivity contribution in [2.45, 2.75) is 19.3 Å². The van der Waals surface area contributed by atoms with Gasteiger partial charge in [0.25, 0.3) is 5.89 Å². The van der Waals surface area contributed by atoms with Gasteiger partial charge in [0.15, 0.2) is 16.4 Å². The van der Waals surface area contributed by atoms with Crippen molar-refractivity contribution in [3.05, 3.63) is 70.9 Å². The van der Waals surface area contributed by atoms with Gasteiger partial charge in [0.1, 0.15) is 5.82 Å². The van der Waals surface area contributed by atoms with Gasteiger partial charge in [-0.2, -0.15) is 4.98 Å². The summed E-state index contributed by atoms with van der Waals surface area (Å²) in [6, 6.07) is 10.7. The average molecular weight is 404 g/mol. The second kappa shape index (κ2) is 7.89. The van der Waals surface area contributed by atoms with E-state index in [1.54, 1.807) is 31.2 Å². The summed E-state index contributed by atoms with van der Waals surface area (Å²) in [4.78, 5) is 16.3. The summed E-state index contributed by atoms with van der Waals surface area (Å²) >= 11 is 0. The number of carbonyl (C=O) groups is 1. The van der Waals surface area contributed by atoms with Gasteiger partial charge < -0.3 is 9.26 Å². The Kier molecular flexibility index (Phi) is 5.55. The number of sulfone groups is 1. The van der Waals surface area contributed by atoms with Gasteiger partial charge in [-0.25, -0.2) is 17.6 Å². The lowest BCUT2D eigenvalue weighted by Crippen LogP contribution is -2.07. The number of benzene rings is 2. The van der Waals surface area contributed by atoms with Crippen molar-refractivity contribution in [1.29, 1.82) is 0 Å². The Morgan fingerprint density at radius 2 is 2.00 bits per heavy atom. The lowest BCUT2D eigenvalue weighted by atomic mass is 10.1. The Labute approximate surface area is 161 Å². The van der Waals surface area contributed by atoms with Gasteiger partial charge in [0.2, 0.25) is 5.82 Å². The number of nitrogens with zero attached hydrogens (tertiary/aromatic N) is 2. The van der Waals surface area contributed by atoms with Crippen LogP contribution < -0.4 is 0 Å². The fraction of sp³-hybridized carbons (Fsp3) is 0.211. The number of aryl methyl sites for hydroxylation is 1. The summed E-state index contributed by atoms with van der Waals surface area (Å²) in [6.45, 7) is 1.38. The summed E-state index contributed by atoms with van der Waals surface area (Å²) in [5, 5.41) is 3.75. The van der Waals surface area contributed by atoms with Crippen molar-refractivity contribution in [1.82, 2.24) is 10.1 Å². The minimum Gasteiger partial charge on any atom is -0.452 e. The molecule has 0 aliphatic carbocycles. The SMILES string of the molecule is Cc1ccc(-c2noc(COC(=O)c3cccc(CS(C)(=O)=O)c3)n2)cc1F. The lowest BCUT2D eigenvalue weighted by Gasteiger charge is -2.04. The summed E-state index contributed by atoms with van der Waals surface area (Å²) in [5.74, 6) is -0.980. The maximum Gasteiger partial charge on any atom is 0.338 e. The third-order valence-corrected chi connectivity index (χ3v) is 4.67. The van der Waals surface area contributed by atoms with Crippen molar-refractivity contribution >= 4 is 15.8 Å². The Balaban J connectivity index is 1.66. The Hall–Kier alpha value is -3.07. The fourth-order valence-electron chi connectivity index (χ4n) is 2.46. The molecule has 0 bridgehead atoms. The molecule has 1 heterocycles. The molecule has 3 aromatic rings. The minimum absolute atomic E-state index is 0.0524. The monoisotopic (exact) mass is 404 g/mol. The Bertz CT molecular complexity index is 1120. The molecule has 0 saturated heterocycles. The van der Waals surface area contributed by atoms with Crippen LogP contribution in [0, 0.1) is 12.7 Å². The van der Waals surface area contributed by atoms with Gasteiger partial charge in [-0.1, -0.05) is 29.4 Å². The molecule has 0 spiro atoms. The molecule has 0 saturated carbocycles. The predicted octanol–water partition coefficient (Wildman–Crippen LogP) is 3.09. The molecule has 0 fully saturated rings. The van der Waals surface area contributed by atoms with E-state index in [9.17, 15) is 17.6 Å². The third-order valence-electron chi connectivity index (χ3n) is 3.82. The molecule has 7 nitrogen and oxygen atoms in total. The van der Waals surface area contributed by atoms with Crippen molar-refractivity contribution in [2.75, 3.05) is 6.26 Å². The number of carbonyl (C=O) groups excluding carboxylic acids is 1. The quantitative estimate of drug-likeness (QED) is 0.582. The number of hydrogen-bond donors (Lipinski definition) is 0. The van der Waals surface area contributed by atoms with Gasteiger partial charge in [0, 0.05) is 11.8 Å². The normalized spacial score (nSPS) is 11.4. The zero-order valence-corrected chi connectivity index (χ0v) is 16.0. The predicted molar refractivity (Wildman–Crippen MR) is 98.5 cm³/mol. The Morgan fingerprint density at radius 1 is 1.21 bits per heavy atom. The summed E-state index contributed by atoms with van der Waals surface area (Å²) in [6.07, 6.45) is 1.12. The Morgan fingerprint density at radius 3 is 2.71 bits per heavy atom. The van der Waals surface area contributed by atoms with E-state index >= 15 is 0 Å². The highest BCUT2D eigenvalue weighted by Crippen LogP contribution is 2.19. The molecule has 146 valence electrons. The number of esters is 1. The topological polar surface area (TPSA) is 99.4 Å². The van der Waals surface area contributed by atoms with Crippen LogP contribution >= 0.6 is 0 Å². The van der Waals surface area contributed by atoms with Crippen LogP contribution in [-0.4, -0.2) is 30.8 Å². The highest BCUT2D eigenvalue weighted by Gasteiger charge is 2.14. The molecule has 9 heteroatoms. The van der Waals surface area contributed by atoms with Crippen LogP contribution in [0.25, 0.3) is 11.4 Å². The van der Waals surface area contributed by atoms with E-state index in [4.69, 9.17) is 9.26 Å². The summed E-state index contributed by atoms with van der Waals surface area (Å²) in [7, 11) is -3.22. The molecule has 0 N–H and O–H groups in total. The van der Waals surface area contributed by atoms with E-state index < -0.39 is 15.8 Å². The maximum absolute atomic E-state index is 13.7. The molecule has 0 unspecified atom stereocenters. The van der Waals surface area contributed by atoms with Crippen LogP contribution in [0.1, 0.15) is 27.4 Å². The zero-order chi connectivity index (χ0) is 20.3. The number of aromatic nitrogens is 2. The standard InChI is InChI=1S/C19H17FN2O5S/c1-12-6-7-14(9-16(12)20)18-21-17(27-22-18)10-26-19(23)15-5-3-4-13(8-15)11-28(2,24)25/h3-9H,10-11H2,1-2H3. The van der Waals surface area contributed by atoms with E-state index in [0.717, 1.165) is 6.26 Å². The van der Waals surface area contributed by atoms with E-state index in [-0.39, 0.29) is 35.5 Å². The first-order valence-corrected chi connectivity index (χ1v) is 10.3. The number of hydrogen-bond acceptors (Lipinski definition) is 7. The van der Waals surface area contributed by atoms with Crippen molar-refractivity contribution < 1.29 is 26.9 Å². The molecule has 0 aliphatic heterocycles. The molecule has 0 aliphatic rings. The van der Waals surface area contributed by atoms with Gasteiger partial charge >= 0.3 is 5.97 Å². The molecule has 28 heavy (non-hydrogen) atoms. The first-order chi connectivity index (χ1) is 13.2. The van der Waals surface area contributed by atoms with E-state index in [0.29, 0.717) is 16.7 Å². The van der Waals surface area contributed by atoms with Crippen molar-refractivity contribution in [3.8, 4) is 11.4 Å². The third kappa shape index (κ3) is 5.01. The fourth-order valence-corrected chi connectivity index (χ4v) is 3.25. The van der Waals surface area contributed by atoms with Crippen LogP contribution in [0.15, 0.2) is 47.0 Å². The number of rotatable bonds is 6. The number of ether oxygens (including phenoxy) is 1. The van der Waals surface area contributed by atoms with Crippen LogP contribution in [0.2, 0.25) is 0 Å². The minimum atomic E-state index is -3.22. The second-order valence-electron chi connectivity index (χ2n) is 6.32. The molecule has 1 aromatic heterocycles. The van der Waals surface area contributed by atoms with E-state index in [1.807, 2.05) is 0 Å². The summed E-state index contributed by atoms with van der Waals surface area (Å²) < 4.78 is 46.6. The molecular formula is C19H17FN2O5S. The van der Waals surface area contributed by atoms with Gasteiger partial charge in [-0.3, -0.25) is 0 Å². The molecule has 0 radical (unpaired) electrons. The zero-order valence-electron chi connectivity index (χ0n) is 15.2. The smallest absolute Gasteiger partial charge is 0.338 e. The number of halogens is 1.